The van der Waals surface area contributed by atoms with Crippen molar-refractivity contribution >= 4 is 22.6 Å². The number of H-pyrrole nitrogens is 1. The maximum absolute atomic E-state index is 12.5. The van der Waals surface area contributed by atoms with E-state index in [0.29, 0.717) is 26.1 Å². The smallest absolute Gasteiger partial charge is 0.244 e. The number of imidazole rings is 1. The van der Waals surface area contributed by atoms with E-state index >= 15 is 0 Å². The topological polar surface area (TPSA) is 93.0 Å². The zero-order chi connectivity index (χ0) is 17.3. The van der Waals surface area contributed by atoms with Gasteiger partial charge in [-0.15, -0.1) is 0 Å². The highest BCUT2D eigenvalue weighted by molar-refractivity contribution is 5.98. The summed E-state index contributed by atoms with van der Waals surface area (Å²) in [5.41, 5.74) is 8.97. The third kappa shape index (κ3) is 3.14. The number of carbonyl (C=O) groups is 1. The minimum Gasteiger partial charge on any atom is -0.381 e. The van der Waals surface area contributed by atoms with Crippen molar-refractivity contribution in [2.75, 3.05) is 18.5 Å². The summed E-state index contributed by atoms with van der Waals surface area (Å²) in [6.07, 6.45) is 1.08. The van der Waals surface area contributed by atoms with Gasteiger partial charge in [-0.05, 0) is 49.2 Å². The van der Waals surface area contributed by atoms with Crippen LogP contribution in [0.25, 0.3) is 22.4 Å². The summed E-state index contributed by atoms with van der Waals surface area (Å²) in [6.45, 7) is 1.05. The normalized spacial score (nSPS) is 16.7. The molecule has 128 valence electrons. The van der Waals surface area contributed by atoms with Crippen molar-refractivity contribution in [3.63, 3.8) is 0 Å². The number of rotatable bonds is 3. The molecule has 25 heavy (non-hydrogen) atoms. The number of benzene rings is 2. The molecule has 1 amide bonds. The van der Waals surface area contributed by atoms with E-state index in [1.165, 1.54) is 0 Å². The van der Waals surface area contributed by atoms with E-state index in [-0.39, 0.29) is 5.91 Å². The monoisotopic (exact) mass is 336 g/mol. The zero-order valence-corrected chi connectivity index (χ0v) is 13.8. The second-order valence-corrected chi connectivity index (χ2v) is 6.40. The van der Waals surface area contributed by atoms with Gasteiger partial charge < -0.3 is 20.8 Å². The van der Waals surface area contributed by atoms with Crippen LogP contribution in [0.1, 0.15) is 12.8 Å². The van der Waals surface area contributed by atoms with Gasteiger partial charge in [0.15, 0.2) is 0 Å². The van der Waals surface area contributed by atoms with Gasteiger partial charge in [0.1, 0.15) is 11.4 Å². The molecule has 2 aromatic carbocycles. The Morgan fingerprint density at radius 3 is 2.56 bits per heavy atom. The highest BCUT2D eigenvalue weighted by Crippen LogP contribution is 2.24. The van der Waals surface area contributed by atoms with E-state index in [2.05, 4.69) is 15.3 Å². The van der Waals surface area contributed by atoms with Gasteiger partial charge in [-0.1, -0.05) is 12.1 Å². The van der Waals surface area contributed by atoms with Gasteiger partial charge in [-0.25, -0.2) is 4.98 Å². The number of amides is 1. The maximum atomic E-state index is 12.5. The number of hydrogen-bond donors (Lipinski definition) is 3. The molecular formula is C19H20N4O2. The molecule has 0 atom stereocenters. The quantitative estimate of drug-likeness (QED) is 0.685. The fourth-order valence-electron chi connectivity index (χ4n) is 3.02. The van der Waals surface area contributed by atoms with Crippen LogP contribution >= 0.6 is 0 Å². The van der Waals surface area contributed by atoms with Crippen LogP contribution in [0.3, 0.4) is 0 Å². The summed E-state index contributed by atoms with van der Waals surface area (Å²) in [4.78, 5) is 20.3. The highest BCUT2D eigenvalue weighted by atomic mass is 16.5. The van der Waals surface area contributed by atoms with Gasteiger partial charge >= 0.3 is 0 Å². The van der Waals surface area contributed by atoms with Crippen LogP contribution in [-0.2, 0) is 9.53 Å². The number of hydrogen-bond acceptors (Lipinski definition) is 4. The molecule has 1 aliphatic heterocycles. The molecule has 2 heterocycles. The molecule has 1 aliphatic rings. The lowest BCUT2D eigenvalue weighted by Gasteiger charge is -2.31. The first-order valence-corrected chi connectivity index (χ1v) is 8.37. The Bertz CT molecular complexity index is 862. The minimum absolute atomic E-state index is 0.160. The van der Waals surface area contributed by atoms with Crippen molar-refractivity contribution in [2.24, 2.45) is 5.73 Å². The fourth-order valence-corrected chi connectivity index (χ4v) is 3.02. The number of ether oxygens (including phenoxy) is 1. The summed E-state index contributed by atoms with van der Waals surface area (Å²) >= 11 is 0. The molecular weight excluding hydrogens is 316 g/mol. The molecule has 3 aromatic rings. The van der Waals surface area contributed by atoms with Gasteiger partial charge in [0.2, 0.25) is 5.91 Å². The van der Waals surface area contributed by atoms with Crippen molar-refractivity contribution < 1.29 is 9.53 Å². The molecule has 0 radical (unpaired) electrons. The van der Waals surface area contributed by atoms with Crippen LogP contribution in [-0.4, -0.2) is 34.6 Å². The van der Waals surface area contributed by atoms with E-state index in [0.717, 1.165) is 28.1 Å². The van der Waals surface area contributed by atoms with Crippen LogP contribution in [0.2, 0.25) is 0 Å². The minimum atomic E-state index is -0.852. The summed E-state index contributed by atoms with van der Waals surface area (Å²) in [5.74, 6) is 0.645. The molecule has 6 nitrogen and oxygen atoms in total. The number of nitrogens with one attached hydrogen (secondary N) is 2. The van der Waals surface area contributed by atoms with Gasteiger partial charge in [-0.3, -0.25) is 4.79 Å². The van der Waals surface area contributed by atoms with Crippen LogP contribution < -0.4 is 11.1 Å². The number of nitrogens with zero attached hydrogens (tertiary/aromatic N) is 1. The van der Waals surface area contributed by atoms with Gasteiger partial charge in [0.25, 0.3) is 0 Å². The van der Waals surface area contributed by atoms with Gasteiger partial charge in [-0.2, -0.15) is 0 Å². The van der Waals surface area contributed by atoms with E-state index in [1.807, 2.05) is 48.5 Å². The summed E-state index contributed by atoms with van der Waals surface area (Å²) < 4.78 is 5.28. The fraction of sp³-hybridized carbons (Fsp3) is 0.263. The number of nitrogens with two attached hydrogens (primary N) is 1. The van der Waals surface area contributed by atoms with E-state index in [9.17, 15) is 4.79 Å². The second kappa shape index (κ2) is 6.31. The average molecular weight is 336 g/mol. The molecule has 0 bridgehead atoms. The van der Waals surface area contributed by atoms with Gasteiger partial charge in [0, 0.05) is 24.5 Å². The van der Waals surface area contributed by atoms with Crippen LogP contribution in [0, 0.1) is 0 Å². The van der Waals surface area contributed by atoms with Crippen molar-refractivity contribution in [1.82, 2.24) is 9.97 Å². The predicted molar refractivity (Wildman–Crippen MR) is 97.1 cm³/mol. The van der Waals surface area contributed by atoms with Crippen LogP contribution in [0.15, 0.2) is 48.5 Å². The number of anilines is 1. The van der Waals surface area contributed by atoms with Crippen LogP contribution in [0.5, 0.6) is 0 Å². The molecule has 4 rings (SSSR count). The number of fused-ring (bicyclic) bond motifs is 1. The van der Waals surface area contributed by atoms with Crippen molar-refractivity contribution in [3.8, 4) is 11.4 Å². The lowest BCUT2D eigenvalue weighted by atomic mass is 9.90. The highest BCUT2D eigenvalue weighted by Gasteiger charge is 2.35. The molecule has 0 aliphatic carbocycles. The van der Waals surface area contributed by atoms with Gasteiger partial charge in [0.05, 0.1) is 11.0 Å². The first kappa shape index (κ1) is 15.8. The van der Waals surface area contributed by atoms with E-state index in [4.69, 9.17) is 10.5 Å². The molecule has 0 saturated carbocycles. The summed E-state index contributed by atoms with van der Waals surface area (Å²) in [6, 6.07) is 15.5. The largest absolute Gasteiger partial charge is 0.381 e. The van der Waals surface area contributed by atoms with Crippen molar-refractivity contribution in [1.29, 1.82) is 0 Å². The van der Waals surface area contributed by atoms with Crippen molar-refractivity contribution in [2.45, 2.75) is 18.4 Å². The maximum Gasteiger partial charge on any atom is 0.244 e. The Balaban J connectivity index is 1.51. The number of aromatic nitrogens is 2. The number of aromatic amines is 1. The summed E-state index contributed by atoms with van der Waals surface area (Å²) in [5, 5.41) is 2.91. The second-order valence-electron chi connectivity index (χ2n) is 6.40. The standard InChI is InChI=1S/C19H20N4O2/c20-19(9-11-25-12-10-19)18(24)21-14-7-5-13(6-8-14)17-22-15-3-1-2-4-16(15)23-17/h1-8H,9-12,20H2,(H,21,24)(H,22,23). The van der Waals surface area contributed by atoms with Crippen LogP contribution in [0.4, 0.5) is 5.69 Å². The molecule has 1 fully saturated rings. The Morgan fingerprint density at radius 2 is 1.84 bits per heavy atom. The Labute approximate surface area is 145 Å². The zero-order valence-electron chi connectivity index (χ0n) is 13.8. The van der Waals surface area contributed by atoms with E-state index < -0.39 is 5.54 Å². The SMILES string of the molecule is NC1(C(=O)Nc2ccc(-c3nc4ccccc4[nH]3)cc2)CCOCC1. The summed E-state index contributed by atoms with van der Waals surface area (Å²) in [7, 11) is 0. The third-order valence-electron chi connectivity index (χ3n) is 4.64. The molecule has 4 N–H and O–H groups in total. The molecule has 1 saturated heterocycles. The lowest BCUT2D eigenvalue weighted by molar-refractivity contribution is -0.124. The Morgan fingerprint density at radius 1 is 1.12 bits per heavy atom. The van der Waals surface area contributed by atoms with E-state index in [1.54, 1.807) is 0 Å². The first-order chi connectivity index (χ1) is 12.1. The first-order valence-electron chi connectivity index (χ1n) is 8.37. The third-order valence-corrected chi connectivity index (χ3v) is 4.64. The average Bonchev–Trinajstić information content (AvgIpc) is 3.07. The number of carbonyl (C=O) groups excluding carboxylic acids is 1. The lowest BCUT2D eigenvalue weighted by Crippen LogP contribution is -2.54. The molecule has 6 heteroatoms. The Kier molecular flexibility index (Phi) is 3.99. The molecule has 0 spiro atoms. The Hall–Kier alpha value is -2.70. The molecule has 1 aromatic heterocycles. The number of para-hydroxylation sites is 2. The van der Waals surface area contributed by atoms with Crippen molar-refractivity contribution in [3.05, 3.63) is 48.5 Å². The molecule has 0 unspecified atom stereocenters. The predicted octanol–water partition coefficient (Wildman–Crippen LogP) is 2.68.